The highest BCUT2D eigenvalue weighted by molar-refractivity contribution is 6.36. The van der Waals surface area contributed by atoms with E-state index >= 15 is 0 Å². The van der Waals surface area contributed by atoms with Crippen molar-refractivity contribution >= 4 is 23.1 Å². The Morgan fingerprint density at radius 2 is 1.52 bits per heavy atom. The van der Waals surface area contributed by atoms with E-state index in [0.717, 1.165) is 0 Å². The quantitative estimate of drug-likeness (QED) is 0.532. The molecular formula is C26H32N2O5. The molecule has 3 rings (SSSR count). The average Bonchev–Trinajstić information content (AvgIpc) is 3.01. The van der Waals surface area contributed by atoms with Gasteiger partial charge in [-0.1, -0.05) is 39.8 Å². The van der Waals surface area contributed by atoms with Crippen molar-refractivity contribution in [1.29, 1.82) is 0 Å². The molecule has 1 aliphatic heterocycles. The first-order valence-corrected chi connectivity index (χ1v) is 11.1. The van der Waals surface area contributed by atoms with E-state index in [4.69, 9.17) is 14.2 Å². The van der Waals surface area contributed by atoms with Crippen LogP contribution in [0.4, 0.5) is 5.69 Å². The fourth-order valence-electron chi connectivity index (χ4n) is 3.52. The molecule has 0 unspecified atom stereocenters. The second-order valence-corrected chi connectivity index (χ2v) is 8.79. The van der Waals surface area contributed by atoms with E-state index in [2.05, 4.69) is 19.2 Å². The third-order valence-electron chi connectivity index (χ3n) is 5.11. The number of anilines is 1. The summed E-state index contributed by atoms with van der Waals surface area (Å²) in [5, 5.41) is 3.15. The summed E-state index contributed by atoms with van der Waals surface area (Å²) in [6, 6.07) is 12.5. The summed E-state index contributed by atoms with van der Waals surface area (Å²) in [7, 11) is 3.11. The lowest BCUT2D eigenvalue weighted by Gasteiger charge is -2.18. The van der Waals surface area contributed by atoms with Crippen molar-refractivity contribution in [3.8, 4) is 17.2 Å². The molecule has 0 saturated carbocycles. The summed E-state index contributed by atoms with van der Waals surface area (Å²) in [4.78, 5) is 28.0. The molecule has 2 amide bonds. The monoisotopic (exact) mass is 452 g/mol. The molecule has 1 heterocycles. The van der Waals surface area contributed by atoms with E-state index in [9.17, 15) is 9.59 Å². The Morgan fingerprint density at radius 3 is 2.09 bits per heavy atom. The maximum Gasteiger partial charge on any atom is 0.278 e. The number of methoxy groups -OCH3 is 2. The first-order chi connectivity index (χ1) is 15.7. The summed E-state index contributed by atoms with van der Waals surface area (Å²) < 4.78 is 16.5. The van der Waals surface area contributed by atoms with E-state index in [1.165, 1.54) is 4.90 Å². The van der Waals surface area contributed by atoms with Gasteiger partial charge in [0.2, 0.25) is 0 Å². The molecule has 1 aliphatic rings. The molecule has 0 saturated heterocycles. The number of nitrogens with zero attached hydrogens (tertiary/aromatic N) is 1. The van der Waals surface area contributed by atoms with Crippen LogP contribution in [0.5, 0.6) is 17.2 Å². The Kier molecular flexibility index (Phi) is 7.63. The van der Waals surface area contributed by atoms with Crippen molar-refractivity contribution in [2.24, 2.45) is 11.8 Å². The fraction of sp³-hybridized carbons (Fsp3) is 0.385. The highest BCUT2D eigenvalue weighted by Gasteiger charge is 2.39. The number of rotatable bonds is 10. The standard InChI is InChI=1S/C26H32N2O5/c1-16(2)14-28-25(29)23(18-7-9-19(10-8-18)33-15-17(3)4)24(26(28)30)27-21-13-20(31-5)11-12-22(21)32-6/h7-13,16-17,27H,14-15H2,1-6H3. The smallest absolute Gasteiger partial charge is 0.278 e. The lowest BCUT2D eigenvalue weighted by atomic mass is 10.0. The van der Waals surface area contributed by atoms with Gasteiger partial charge in [-0.3, -0.25) is 14.5 Å². The number of carbonyl (C=O) groups is 2. The zero-order chi connectivity index (χ0) is 24.1. The van der Waals surface area contributed by atoms with Gasteiger partial charge in [0.05, 0.1) is 32.1 Å². The number of hydrogen-bond acceptors (Lipinski definition) is 6. The minimum absolute atomic E-state index is 0.136. The molecule has 33 heavy (non-hydrogen) atoms. The minimum Gasteiger partial charge on any atom is -0.497 e. The molecule has 0 atom stereocenters. The number of amides is 2. The molecule has 7 nitrogen and oxygen atoms in total. The molecule has 1 N–H and O–H groups in total. The number of carbonyl (C=O) groups excluding carboxylic acids is 2. The number of hydrogen-bond donors (Lipinski definition) is 1. The second-order valence-electron chi connectivity index (χ2n) is 8.79. The lowest BCUT2D eigenvalue weighted by molar-refractivity contribution is -0.137. The third-order valence-corrected chi connectivity index (χ3v) is 5.11. The van der Waals surface area contributed by atoms with Gasteiger partial charge in [-0.2, -0.15) is 0 Å². The summed E-state index contributed by atoms with van der Waals surface area (Å²) >= 11 is 0. The van der Waals surface area contributed by atoms with Crippen LogP contribution in [-0.2, 0) is 9.59 Å². The van der Waals surface area contributed by atoms with Crippen LogP contribution in [0.15, 0.2) is 48.2 Å². The van der Waals surface area contributed by atoms with Gasteiger partial charge in [0.15, 0.2) is 0 Å². The van der Waals surface area contributed by atoms with Gasteiger partial charge in [-0.25, -0.2) is 0 Å². The zero-order valence-electron chi connectivity index (χ0n) is 20.1. The minimum atomic E-state index is -0.367. The second kappa shape index (κ2) is 10.4. The molecule has 7 heteroatoms. The van der Waals surface area contributed by atoms with Crippen LogP contribution in [0.1, 0.15) is 33.3 Å². The van der Waals surface area contributed by atoms with Crippen LogP contribution >= 0.6 is 0 Å². The molecule has 0 aliphatic carbocycles. The first kappa shape index (κ1) is 24.2. The van der Waals surface area contributed by atoms with Gasteiger partial charge in [-0.05, 0) is 41.7 Å². The summed E-state index contributed by atoms with van der Waals surface area (Å²) in [5.74, 6) is 1.69. The number of nitrogens with one attached hydrogen (secondary N) is 1. The fourth-order valence-corrected chi connectivity index (χ4v) is 3.52. The van der Waals surface area contributed by atoms with Crippen molar-refractivity contribution in [3.63, 3.8) is 0 Å². The lowest BCUT2D eigenvalue weighted by Crippen LogP contribution is -2.35. The van der Waals surface area contributed by atoms with Gasteiger partial charge in [0.25, 0.3) is 11.8 Å². The summed E-state index contributed by atoms with van der Waals surface area (Å²) in [6.07, 6.45) is 0. The van der Waals surface area contributed by atoms with Crippen LogP contribution in [0.25, 0.3) is 5.57 Å². The predicted molar refractivity (Wildman–Crippen MR) is 128 cm³/mol. The highest BCUT2D eigenvalue weighted by Crippen LogP contribution is 2.35. The largest absolute Gasteiger partial charge is 0.497 e. The van der Waals surface area contributed by atoms with E-state index < -0.39 is 0 Å². The van der Waals surface area contributed by atoms with Gasteiger partial charge in [-0.15, -0.1) is 0 Å². The summed E-state index contributed by atoms with van der Waals surface area (Å²) in [5.41, 5.74) is 1.71. The Labute approximate surface area is 195 Å². The maximum absolute atomic E-state index is 13.4. The van der Waals surface area contributed by atoms with E-state index in [0.29, 0.717) is 53.1 Å². The number of benzene rings is 2. The summed E-state index contributed by atoms with van der Waals surface area (Å²) in [6.45, 7) is 9.03. The molecule has 0 aromatic heterocycles. The molecule has 176 valence electrons. The SMILES string of the molecule is COc1ccc(OC)c(NC2=C(c3ccc(OCC(C)C)cc3)C(=O)N(CC(C)C)C2=O)c1. The molecule has 2 aromatic rings. The van der Waals surface area contributed by atoms with Crippen molar-refractivity contribution in [1.82, 2.24) is 4.90 Å². The predicted octanol–water partition coefficient (Wildman–Crippen LogP) is 4.59. The van der Waals surface area contributed by atoms with E-state index in [1.807, 2.05) is 26.0 Å². The van der Waals surface area contributed by atoms with Crippen molar-refractivity contribution in [3.05, 3.63) is 53.7 Å². The molecule has 0 bridgehead atoms. The maximum atomic E-state index is 13.4. The third kappa shape index (κ3) is 5.48. The van der Waals surface area contributed by atoms with Crippen LogP contribution in [0, 0.1) is 11.8 Å². The topological polar surface area (TPSA) is 77.1 Å². The molecule has 2 aromatic carbocycles. The van der Waals surface area contributed by atoms with Crippen LogP contribution in [0.3, 0.4) is 0 Å². The van der Waals surface area contributed by atoms with Gasteiger partial charge >= 0.3 is 0 Å². The Hall–Kier alpha value is -3.48. The highest BCUT2D eigenvalue weighted by atomic mass is 16.5. The number of imide groups is 1. The molecule has 0 fully saturated rings. The van der Waals surface area contributed by atoms with Gasteiger partial charge in [0, 0.05) is 12.6 Å². The van der Waals surface area contributed by atoms with Crippen molar-refractivity contribution < 1.29 is 23.8 Å². The van der Waals surface area contributed by atoms with Crippen LogP contribution < -0.4 is 19.5 Å². The first-order valence-electron chi connectivity index (χ1n) is 11.1. The van der Waals surface area contributed by atoms with Crippen molar-refractivity contribution in [2.45, 2.75) is 27.7 Å². The van der Waals surface area contributed by atoms with Crippen LogP contribution in [-0.4, -0.2) is 44.1 Å². The van der Waals surface area contributed by atoms with E-state index in [1.54, 1.807) is 44.6 Å². The van der Waals surface area contributed by atoms with E-state index in [-0.39, 0.29) is 23.4 Å². The molecule has 0 radical (unpaired) electrons. The Morgan fingerprint density at radius 1 is 0.848 bits per heavy atom. The van der Waals surface area contributed by atoms with Gasteiger partial charge in [0.1, 0.15) is 22.9 Å². The molecule has 0 spiro atoms. The number of ether oxygens (including phenoxy) is 3. The average molecular weight is 453 g/mol. The Balaban J connectivity index is 2.03. The van der Waals surface area contributed by atoms with Crippen molar-refractivity contribution in [2.75, 3.05) is 32.7 Å². The normalized spacial score (nSPS) is 13.9. The zero-order valence-corrected chi connectivity index (χ0v) is 20.1. The molecular weight excluding hydrogens is 420 g/mol. The van der Waals surface area contributed by atoms with Gasteiger partial charge < -0.3 is 19.5 Å². The van der Waals surface area contributed by atoms with Crippen LogP contribution in [0.2, 0.25) is 0 Å². The Bertz CT molecular complexity index is 1040.